The molecular formula is C23H23ClN4O3S. The van der Waals surface area contributed by atoms with Crippen LogP contribution in [-0.4, -0.2) is 33.9 Å². The number of carbonyl (C=O) groups is 1. The molecule has 32 heavy (non-hydrogen) atoms. The number of aromatic nitrogens is 2. The molecule has 1 amide bonds. The van der Waals surface area contributed by atoms with Gasteiger partial charge in [0.2, 0.25) is 0 Å². The number of nitrogens with zero attached hydrogens (tertiary/aromatic N) is 3. The third-order valence-electron chi connectivity index (χ3n) is 4.13. The van der Waals surface area contributed by atoms with Gasteiger partial charge in [-0.3, -0.25) is 4.79 Å². The van der Waals surface area contributed by atoms with E-state index in [2.05, 4.69) is 20.5 Å². The van der Waals surface area contributed by atoms with Gasteiger partial charge >= 0.3 is 0 Å². The van der Waals surface area contributed by atoms with Crippen LogP contribution in [0.25, 0.3) is 0 Å². The van der Waals surface area contributed by atoms with Gasteiger partial charge in [0.1, 0.15) is 6.61 Å². The first kappa shape index (κ1) is 23.6. The Hall–Kier alpha value is -3.10. The summed E-state index contributed by atoms with van der Waals surface area (Å²) in [5.41, 5.74) is 4.26. The lowest BCUT2D eigenvalue weighted by molar-refractivity contribution is -0.120. The van der Waals surface area contributed by atoms with E-state index in [1.807, 2.05) is 49.4 Å². The zero-order valence-corrected chi connectivity index (χ0v) is 19.3. The Balaban J connectivity index is 1.59. The molecule has 1 heterocycles. The molecule has 0 aliphatic rings. The second-order valence-electron chi connectivity index (χ2n) is 6.58. The highest BCUT2D eigenvalue weighted by atomic mass is 35.5. The van der Waals surface area contributed by atoms with Crippen LogP contribution in [0.3, 0.4) is 0 Å². The van der Waals surface area contributed by atoms with Gasteiger partial charge in [-0.15, -0.1) is 0 Å². The van der Waals surface area contributed by atoms with E-state index in [4.69, 9.17) is 21.1 Å². The molecule has 0 radical (unpaired) electrons. The van der Waals surface area contributed by atoms with Gasteiger partial charge in [-0.05, 0) is 61.4 Å². The molecule has 1 atom stereocenters. The largest absolute Gasteiger partial charge is 0.490 e. The van der Waals surface area contributed by atoms with Gasteiger partial charge in [0, 0.05) is 17.4 Å². The second-order valence-corrected chi connectivity index (χ2v) is 8.33. The summed E-state index contributed by atoms with van der Waals surface area (Å²) in [6, 6.07) is 14.7. The molecule has 3 rings (SSSR count). The van der Waals surface area contributed by atoms with Crippen molar-refractivity contribution in [2.75, 3.05) is 6.61 Å². The molecule has 166 valence electrons. The van der Waals surface area contributed by atoms with Crippen LogP contribution in [0.2, 0.25) is 5.02 Å². The van der Waals surface area contributed by atoms with Crippen LogP contribution < -0.4 is 14.9 Å². The molecule has 0 aliphatic heterocycles. The van der Waals surface area contributed by atoms with E-state index in [0.29, 0.717) is 34.9 Å². The van der Waals surface area contributed by atoms with Gasteiger partial charge in [-0.1, -0.05) is 35.5 Å². The highest BCUT2D eigenvalue weighted by molar-refractivity contribution is 8.00. The first-order valence-corrected chi connectivity index (χ1v) is 11.2. The minimum absolute atomic E-state index is 0.245. The van der Waals surface area contributed by atoms with E-state index in [0.717, 1.165) is 11.1 Å². The number of hydrogen-bond acceptors (Lipinski definition) is 7. The van der Waals surface area contributed by atoms with E-state index in [1.165, 1.54) is 11.8 Å². The van der Waals surface area contributed by atoms with Crippen molar-refractivity contribution in [2.45, 2.75) is 30.9 Å². The third-order valence-corrected chi connectivity index (χ3v) is 5.36. The Bertz CT molecular complexity index is 1070. The van der Waals surface area contributed by atoms with Gasteiger partial charge in [-0.25, -0.2) is 15.4 Å². The van der Waals surface area contributed by atoms with Crippen LogP contribution in [-0.2, 0) is 11.4 Å². The molecule has 0 bridgehead atoms. The van der Waals surface area contributed by atoms with Gasteiger partial charge < -0.3 is 9.47 Å². The maximum absolute atomic E-state index is 12.2. The van der Waals surface area contributed by atoms with E-state index in [9.17, 15) is 4.79 Å². The number of benzene rings is 2. The number of rotatable bonds is 10. The molecule has 0 saturated carbocycles. The van der Waals surface area contributed by atoms with E-state index in [-0.39, 0.29) is 5.91 Å². The van der Waals surface area contributed by atoms with Crippen molar-refractivity contribution in [3.05, 3.63) is 77.1 Å². The number of hydrogen-bond donors (Lipinski definition) is 1. The number of ether oxygens (including phenoxy) is 2. The summed E-state index contributed by atoms with van der Waals surface area (Å²) in [4.78, 5) is 20.5. The highest BCUT2D eigenvalue weighted by Crippen LogP contribution is 2.29. The maximum atomic E-state index is 12.2. The molecule has 2 aromatic carbocycles. The normalized spacial score (nSPS) is 11.8. The molecule has 0 spiro atoms. The van der Waals surface area contributed by atoms with Gasteiger partial charge in [-0.2, -0.15) is 5.10 Å². The number of nitrogens with one attached hydrogen (secondary N) is 1. The lowest BCUT2D eigenvalue weighted by atomic mass is 10.2. The van der Waals surface area contributed by atoms with E-state index in [1.54, 1.807) is 31.6 Å². The average Bonchev–Trinajstić information content (AvgIpc) is 2.79. The molecule has 1 aromatic heterocycles. The summed E-state index contributed by atoms with van der Waals surface area (Å²) in [5, 5.41) is 4.85. The number of carbonyl (C=O) groups excluding carboxylic acids is 1. The summed E-state index contributed by atoms with van der Waals surface area (Å²) in [6.07, 6.45) is 4.82. The molecule has 3 aromatic rings. The molecule has 7 nitrogen and oxygen atoms in total. The Morgan fingerprint density at radius 2 is 1.97 bits per heavy atom. The lowest BCUT2D eigenvalue weighted by Crippen LogP contribution is -2.27. The standard InChI is InChI=1S/C23H23ClN4O3S/c1-3-30-21-13-17(8-9-20(21)31-15-18-6-4-7-19(24)12-18)14-27-28-22(29)16(2)32-23-25-10-5-11-26-23/h4-14,16H,3,15H2,1-2H3,(H,28,29)/b27-14-/t16-/m1/s1. The SMILES string of the molecule is CCOc1cc(/C=N\NC(=O)[C@@H](C)Sc2ncccn2)ccc1OCc1cccc(Cl)c1. The minimum atomic E-state index is -0.393. The first-order valence-electron chi connectivity index (χ1n) is 9.96. The zero-order chi connectivity index (χ0) is 22.8. The minimum Gasteiger partial charge on any atom is -0.490 e. The number of amides is 1. The van der Waals surface area contributed by atoms with Crippen molar-refractivity contribution >= 4 is 35.5 Å². The molecular weight excluding hydrogens is 448 g/mol. The fourth-order valence-corrected chi connectivity index (χ4v) is 3.53. The van der Waals surface area contributed by atoms with Gasteiger partial charge in [0.15, 0.2) is 16.7 Å². The highest BCUT2D eigenvalue weighted by Gasteiger charge is 2.15. The van der Waals surface area contributed by atoms with Gasteiger partial charge in [0.05, 0.1) is 18.1 Å². The summed E-state index contributed by atoms with van der Waals surface area (Å²) in [7, 11) is 0. The van der Waals surface area contributed by atoms with Crippen molar-refractivity contribution in [1.82, 2.24) is 15.4 Å². The smallest absolute Gasteiger partial charge is 0.253 e. The maximum Gasteiger partial charge on any atom is 0.253 e. The van der Waals surface area contributed by atoms with Crippen LogP contribution in [0.5, 0.6) is 11.5 Å². The Morgan fingerprint density at radius 1 is 1.16 bits per heavy atom. The Kier molecular flexibility index (Phi) is 8.89. The summed E-state index contributed by atoms with van der Waals surface area (Å²) >= 11 is 7.29. The third kappa shape index (κ3) is 7.25. The number of hydrazone groups is 1. The predicted molar refractivity (Wildman–Crippen MR) is 126 cm³/mol. The summed E-state index contributed by atoms with van der Waals surface area (Å²) < 4.78 is 11.6. The van der Waals surface area contributed by atoms with Crippen molar-refractivity contribution < 1.29 is 14.3 Å². The first-order chi connectivity index (χ1) is 15.5. The fourth-order valence-electron chi connectivity index (χ4n) is 2.60. The lowest BCUT2D eigenvalue weighted by Gasteiger charge is -2.13. The monoisotopic (exact) mass is 470 g/mol. The van der Waals surface area contributed by atoms with Crippen LogP contribution in [0, 0.1) is 0 Å². The van der Waals surface area contributed by atoms with Crippen LogP contribution in [0.4, 0.5) is 0 Å². The number of halogens is 1. The average molecular weight is 471 g/mol. The zero-order valence-electron chi connectivity index (χ0n) is 17.7. The summed E-state index contributed by atoms with van der Waals surface area (Å²) in [6.45, 7) is 4.52. The van der Waals surface area contributed by atoms with Crippen molar-refractivity contribution in [2.24, 2.45) is 5.10 Å². The molecule has 9 heteroatoms. The Morgan fingerprint density at radius 3 is 2.72 bits per heavy atom. The fraction of sp³-hybridized carbons (Fsp3) is 0.217. The quantitative estimate of drug-likeness (QED) is 0.199. The number of thioether (sulfide) groups is 1. The topological polar surface area (TPSA) is 85.7 Å². The Labute approximate surface area is 196 Å². The van der Waals surface area contributed by atoms with Gasteiger partial charge in [0.25, 0.3) is 5.91 Å². The van der Waals surface area contributed by atoms with Crippen molar-refractivity contribution in [3.63, 3.8) is 0 Å². The van der Waals surface area contributed by atoms with Crippen LogP contribution in [0.1, 0.15) is 25.0 Å². The molecule has 0 fully saturated rings. The molecule has 0 saturated heterocycles. The molecule has 0 unspecified atom stereocenters. The van der Waals surface area contributed by atoms with Crippen LogP contribution in [0.15, 0.2) is 71.2 Å². The predicted octanol–water partition coefficient (Wildman–Crippen LogP) is 4.74. The molecule has 1 N–H and O–H groups in total. The summed E-state index contributed by atoms with van der Waals surface area (Å²) in [5.74, 6) is 0.959. The van der Waals surface area contributed by atoms with E-state index >= 15 is 0 Å². The second kappa shape index (κ2) is 12.1. The van der Waals surface area contributed by atoms with E-state index < -0.39 is 5.25 Å². The van der Waals surface area contributed by atoms with Crippen LogP contribution >= 0.6 is 23.4 Å². The van der Waals surface area contributed by atoms with Crippen molar-refractivity contribution in [1.29, 1.82) is 0 Å². The van der Waals surface area contributed by atoms with Crippen molar-refractivity contribution in [3.8, 4) is 11.5 Å². The molecule has 0 aliphatic carbocycles.